The van der Waals surface area contributed by atoms with E-state index in [0.29, 0.717) is 30.8 Å². The Hall–Kier alpha value is -2.86. The first-order valence-corrected chi connectivity index (χ1v) is 12.5. The van der Waals surface area contributed by atoms with E-state index in [4.69, 9.17) is 5.11 Å². The van der Waals surface area contributed by atoms with Crippen LogP contribution in [0.15, 0.2) is 51.9 Å². The Labute approximate surface area is 189 Å². The molecule has 0 spiro atoms. The molecule has 0 saturated heterocycles. The number of fused-ring (bicyclic) bond motifs is 3. The predicted octanol–water partition coefficient (Wildman–Crippen LogP) is 2.53. The van der Waals surface area contributed by atoms with Crippen LogP contribution in [0.5, 0.6) is 0 Å². The molecule has 0 fully saturated rings. The monoisotopic (exact) mass is 473 g/mol. The van der Waals surface area contributed by atoms with Crippen LogP contribution in [0.2, 0.25) is 0 Å². The summed E-state index contributed by atoms with van der Waals surface area (Å²) in [6.45, 7) is 0.422. The lowest BCUT2D eigenvalue weighted by Crippen LogP contribution is -2.26. The van der Waals surface area contributed by atoms with Crippen molar-refractivity contribution < 1.29 is 18.3 Å². The average Bonchev–Trinajstić information content (AvgIpc) is 3.36. The van der Waals surface area contributed by atoms with Gasteiger partial charge in [-0.3, -0.25) is 10.2 Å². The topological polar surface area (TPSA) is 124 Å². The number of anilines is 2. The van der Waals surface area contributed by atoms with E-state index in [0.717, 1.165) is 27.9 Å². The highest BCUT2D eigenvalue weighted by Gasteiger charge is 2.34. The number of hydrogen-bond acceptors (Lipinski definition) is 8. The van der Waals surface area contributed by atoms with Crippen molar-refractivity contribution in [1.82, 2.24) is 9.71 Å². The third-order valence-electron chi connectivity index (χ3n) is 5.17. The molecule has 0 unspecified atom stereocenters. The normalized spacial score (nSPS) is 15.0. The number of carbonyl (C=O) groups is 1. The zero-order chi connectivity index (χ0) is 22.7. The fraction of sp³-hybridized carbons (Fsp3) is 0.286. The lowest BCUT2D eigenvalue weighted by Gasteiger charge is -2.08. The van der Waals surface area contributed by atoms with Crippen LogP contribution in [0.3, 0.4) is 0 Å². The van der Waals surface area contributed by atoms with Crippen molar-refractivity contribution in [2.24, 2.45) is 5.10 Å². The van der Waals surface area contributed by atoms with E-state index in [1.54, 1.807) is 29.6 Å². The highest BCUT2D eigenvalue weighted by molar-refractivity contribution is 7.89. The molecule has 32 heavy (non-hydrogen) atoms. The minimum absolute atomic E-state index is 0.105. The number of rotatable bonds is 9. The molecule has 1 aliphatic heterocycles. The number of aliphatic hydroxyl groups excluding tert-OH is 1. The van der Waals surface area contributed by atoms with Gasteiger partial charge in [-0.1, -0.05) is 0 Å². The molecule has 1 amide bonds. The van der Waals surface area contributed by atoms with Crippen LogP contribution in [0.1, 0.15) is 24.8 Å². The molecule has 1 aliphatic rings. The number of benzene rings is 2. The Morgan fingerprint density at radius 3 is 2.66 bits per heavy atom. The highest BCUT2D eigenvalue weighted by atomic mass is 32.2. The summed E-state index contributed by atoms with van der Waals surface area (Å²) < 4.78 is 28.2. The molecule has 168 valence electrons. The molecule has 0 bridgehead atoms. The molecule has 11 heteroatoms. The van der Waals surface area contributed by atoms with Crippen LogP contribution < -0.4 is 15.0 Å². The van der Waals surface area contributed by atoms with E-state index in [2.05, 4.69) is 20.2 Å². The van der Waals surface area contributed by atoms with Gasteiger partial charge in [-0.25, -0.2) is 18.1 Å². The highest BCUT2D eigenvalue weighted by Crippen LogP contribution is 2.36. The van der Waals surface area contributed by atoms with Gasteiger partial charge in [-0.15, -0.1) is 11.3 Å². The first-order valence-electron chi connectivity index (χ1n) is 10.1. The Morgan fingerprint density at radius 1 is 1.12 bits per heavy atom. The largest absolute Gasteiger partial charge is 0.396 e. The summed E-state index contributed by atoms with van der Waals surface area (Å²) in [5.41, 5.74) is 7.78. The molecular weight excluding hydrogens is 450 g/mol. The van der Waals surface area contributed by atoms with Crippen LogP contribution in [-0.4, -0.2) is 50.3 Å². The van der Waals surface area contributed by atoms with Crippen molar-refractivity contribution >= 4 is 54.6 Å². The lowest BCUT2D eigenvalue weighted by molar-refractivity contribution is -0.111. The molecule has 2 aromatic carbocycles. The summed E-state index contributed by atoms with van der Waals surface area (Å²) in [6, 6.07) is 9.90. The van der Waals surface area contributed by atoms with Crippen LogP contribution in [0.25, 0.3) is 10.2 Å². The second-order valence-corrected chi connectivity index (χ2v) is 9.92. The number of sulfonamides is 1. The van der Waals surface area contributed by atoms with Gasteiger partial charge >= 0.3 is 0 Å². The minimum atomic E-state index is -3.61. The van der Waals surface area contributed by atoms with Crippen molar-refractivity contribution in [2.75, 3.05) is 30.5 Å². The molecule has 3 N–H and O–H groups in total. The first-order chi connectivity index (χ1) is 15.4. The molecule has 0 aliphatic carbocycles. The number of carbonyl (C=O) groups excluding carboxylic acids is 1. The standard InChI is InChI=1S/C21H23N5O4S2/c1-26-17-10-9-16-20(31-13-22-16)18(17)19(21(26)28)25-24-14-5-7-15(8-6-14)32(29,30)23-11-3-2-4-12-27/h5-10,13,23-24,27H,2-4,11-12H2,1H3/b25-19-. The molecule has 0 atom stereocenters. The van der Waals surface area contributed by atoms with Crippen LogP contribution in [0, 0.1) is 0 Å². The number of hydrazone groups is 1. The van der Waals surface area contributed by atoms with Gasteiger partial charge in [0.2, 0.25) is 10.0 Å². The maximum atomic E-state index is 12.7. The second-order valence-electron chi connectivity index (χ2n) is 7.30. The molecule has 1 aromatic heterocycles. The molecule has 0 radical (unpaired) electrons. The summed E-state index contributed by atoms with van der Waals surface area (Å²) in [4.78, 5) is 18.7. The Morgan fingerprint density at radius 2 is 1.91 bits per heavy atom. The Kier molecular flexibility index (Phi) is 6.51. The van der Waals surface area contributed by atoms with Crippen LogP contribution >= 0.6 is 11.3 Å². The lowest BCUT2D eigenvalue weighted by atomic mass is 10.1. The van der Waals surface area contributed by atoms with Crippen molar-refractivity contribution in [2.45, 2.75) is 24.2 Å². The van der Waals surface area contributed by atoms with Crippen molar-refractivity contribution in [1.29, 1.82) is 0 Å². The second kappa shape index (κ2) is 9.33. The quantitative estimate of drug-likeness (QED) is 0.324. The molecule has 4 rings (SSSR count). The molecule has 9 nitrogen and oxygen atoms in total. The number of nitrogens with one attached hydrogen (secondary N) is 2. The van der Waals surface area contributed by atoms with Gasteiger partial charge in [-0.2, -0.15) is 5.10 Å². The summed E-state index contributed by atoms with van der Waals surface area (Å²) >= 11 is 1.45. The summed E-state index contributed by atoms with van der Waals surface area (Å²) in [5, 5.41) is 13.1. The maximum Gasteiger partial charge on any atom is 0.279 e. The van der Waals surface area contributed by atoms with Gasteiger partial charge in [0.1, 0.15) is 0 Å². The Balaban J connectivity index is 1.49. The first kappa shape index (κ1) is 22.3. The maximum absolute atomic E-state index is 12.7. The molecule has 3 aromatic rings. The summed E-state index contributed by atoms with van der Waals surface area (Å²) in [5.74, 6) is -0.224. The van der Waals surface area contributed by atoms with Gasteiger partial charge in [0.05, 0.1) is 37.6 Å². The van der Waals surface area contributed by atoms with Crippen LogP contribution in [-0.2, 0) is 14.8 Å². The third-order valence-corrected chi connectivity index (χ3v) is 7.51. The van der Waals surface area contributed by atoms with E-state index in [1.807, 2.05) is 12.1 Å². The Bertz CT molecular complexity index is 1270. The van der Waals surface area contributed by atoms with E-state index in [1.165, 1.54) is 23.5 Å². The zero-order valence-corrected chi connectivity index (χ0v) is 19.0. The van der Waals surface area contributed by atoms with E-state index in [-0.39, 0.29) is 17.4 Å². The SMILES string of the molecule is CN1C(=O)/C(=N\Nc2ccc(S(=O)(=O)NCCCCCO)cc2)c2c1ccc1ncsc21. The molecule has 2 heterocycles. The van der Waals surface area contributed by atoms with Gasteiger partial charge < -0.3 is 10.0 Å². The number of thiazole rings is 1. The minimum Gasteiger partial charge on any atom is -0.396 e. The number of unbranched alkanes of at least 4 members (excludes halogenated alkanes) is 2. The number of amides is 1. The van der Waals surface area contributed by atoms with Gasteiger partial charge in [0.15, 0.2) is 5.71 Å². The average molecular weight is 474 g/mol. The fourth-order valence-corrected chi connectivity index (χ4v) is 5.34. The number of hydrogen-bond donors (Lipinski definition) is 3. The number of aromatic nitrogens is 1. The predicted molar refractivity (Wildman–Crippen MR) is 126 cm³/mol. The summed E-state index contributed by atoms with van der Waals surface area (Å²) in [7, 11) is -1.91. The van der Waals surface area contributed by atoms with Crippen molar-refractivity contribution in [3.05, 3.63) is 47.5 Å². The van der Waals surface area contributed by atoms with Gasteiger partial charge in [0, 0.05) is 20.2 Å². The van der Waals surface area contributed by atoms with Gasteiger partial charge in [-0.05, 0) is 55.7 Å². The number of likely N-dealkylation sites (N-methyl/N-ethyl adjacent to an activating group) is 1. The van der Waals surface area contributed by atoms with Crippen molar-refractivity contribution in [3.63, 3.8) is 0 Å². The number of nitrogens with zero attached hydrogens (tertiary/aromatic N) is 3. The zero-order valence-electron chi connectivity index (χ0n) is 17.4. The smallest absolute Gasteiger partial charge is 0.279 e. The third kappa shape index (κ3) is 4.37. The number of aliphatic hydroxyl groups is 1. The molecule has 0 saturated carbocycles. The van der Waals surface area contributed by atoms with E-state index in [9.17, 15) is 13.2 Å². The fourth-order valence-electron chi connectivity index (χ4n) is 3.44. The van der Waals surface area contributed by atoms with E-state index < -0.39 is 10.0 Å². The van der Waals surface area contributed by atoms with E-state index >= 15 is 0 Å². The van der Waals surface area contributed by atoms with Crippen molar-refractivity contribution in [3.8, 4) is 0 Å². The summed E-state index contributed by atoms with van der Waals surface area (Å²) in [6.07, 6.45) is 2.07. The van der Waals surface area contributed by atoms with Crippen LogP contribution in [0.4, 0.5) is 11.4 Å². The van der Waals surface area contributed by atoms with Gasteiger partial charge in [0.25, 0.3) is 5.91 Å². The molecular formula is C21H23N5O4S2.